The molecule has 0 unspecified atom stereocenters. The minimum atomic E-state index is -3.35. The first-order valence-electron chi connectivity index (χ1n) is 4.20. The third kappa shape index (κ3) is 3.65. The summed E-state index contributed by atoms with van der Waals surface area (Å²) in [6.45, 7) is -0.398. The molecule has 0 fully saturated rings. The molecule has 0 aromatic heterocycles. The van der Waals surface area contributed by atoms with Gasteiger partial charge < -0.3 is 5.11 Å². The Morgan fingerprint density at radius 2 is 1.73 bits per heavy atom. The summed E-state index contributed by atoms with van der Waals surface area (Å²) >= 11 is 11.6. The van der Waals surface area contributed by atoms with Crippen LogP contribution in [0.2, 0.25) is 10.0 Å². The second kappa shape index (κ2) is 5.16. The number of aliphatic hydroxyl groups is 1. The first-order chi connectivity index (χ1) is 6.96. The van der Waals surface area contributed by atoms with E-state index < -0.39 is 16.4 Å². The summed E-state index contributed by atoms with van der Waals surface area (Å²) in [7, 11) is -3.35. The fourth-order valence-corrected chi connectivity index (χ4v) is 2.96. The van der Waals surface area contributed by atoms with Crippen molar-refractivity contribution >= 4 is 33.0 Å². The molecule has 0 aliphatic rings. The van der Waals surface area contributed by atoms with Gasteiger partial charge in [0.1, 0.15) is 0 Å². The molecule has 0 bridgehead atoms. The topological polar surface area (TPSA) is 54.4 Å². The zero-order valence-corrected chi connectivity index (χ0v) is 10.1. The lowest BCUT2D eigenvalue weighted by atomic mass is 10.2. The maximum Gasteiger partial charge on any atom is 0.156 e. The highest BCUT2D eigenvalue weighted by molar-refractivity contribution is 7.90. The molecule has 0 spiro atoms. The Kier molecular flexibility index (Phi) is 4.40. The van der Waals surface area contributed by atoms with Gasteiger partial charge in [-0.3, -0.25) is 0 Å². The molecular formula is C9H10Cl2O3S. The molecular weight excluding hydrogens is 259 g/mol. The second-order valence-electron chi connectivity index (χ2n) is 3.02. The van der Waals surface area contributed by atoms with Crippen molar-refractivity contribution < 1.29 is 13.5 Å². The Morgan fingerprint density at radius 3 is 2.20 bits per heavy atom. The molecule has 6 heteroatoms. The number of sulfone groups is 1. The van der Waals surface area contributed by atoms with Gasteiger partial charge in [-0.25, -0.2) is 8.42 Å². The van der Waals surface area contributed by atoms with Crippen molar-refractivity contribution in [3.05, 3.63) is 33.8 Å². The van der Waals surface area contributed by atoms with Gasteiger partial charge in [0, 0.05) is 15.6 Å². The Morgan fingerprint density at radius 1 is 1.20 bits per heavy atom. The van der Waals surface area contributed by atoms with E-state index in [4.69, 9.17) is 28.3 Å². The van der Waals surface area contributed by atoms with Crippen LogP contribution in [-0.2, 0) is 15.6 Å². The molecule has 0 aliphatic heterocycles. The summed E-state index contributed by atoms with van der Waals surface area (Å²) in [5, 5.41) is 9.22. The molecule has 0 saturated heterocycles. The van der Waals surface area contributed by atoms with Crippen molar-refractivity contribution in [3.8, 4) is 0 Å². The van der Waals surface area contributed by atoms with Gasteiger partial charge in [-0.2, -0.15) is 0 Å². The standard InChI is InChI=1S/C9H10Cl2O3S/c10-8-2-1-3-9(11)7(8)6-15(13,14)5-4-12/h1-3,12H,4-6H2. The smallest absolute Gasteiger partial charge is 0.156 e. The van der Waals surface area contributed by atoms with Gasteiger partial charge in [-0.1, -0.05) is 29.3 Å². The van der Waals surface area contributed by atoms with Gasteiger partial charge in [0.2, 0.25) is 0 Å². The zero-order chi connectivity index (χ0) is 11.5. The van der Waals surface area contributed by atoms with E-state index in [-0.39, 0.29) is 11.5 Å². The van der Waals surface area contributed by atoms with Crippen LogP contribution >= 0.6 is 23.2 Å². The lowest BCUT2D eigenvalue weighted by Gasteiger charge is -2.06. The SMILES string of the molecule is O=S(=O)(CCO)Cc1c(Cl)cccc1Cl. The van der Waals surface area contributed by atoms with Crippen LogP contribution in [0.15, 0.2) is 18.2 Å². The molecule has 0 atom stereocenters. The Labute approximate surface area is 98.6 Å². The molecule has 1 aromatic carbocycles. The number of halogens is 2. The van der Waals surface area contributed by atoms with Crippen LogP contribution < -0.4 is 0 Å². The molecule has 15 heavy (non-hydrogen) atoms. The number of rotatable bonds is 4. The summed E-state index contributed by atoms with van der Waals surface area (Å²) < 4.78 is 22.9. The third-order valence-electron chi connectivity index (χ3n) is 1.83. The van der Waals surface area contributed by atoms with Crippen molar-refractivity contribution in [1.29, 1.82) is 0 Å². The summed E-state index contributed by atoms with van der Waals surface area (Å²) in [4.78, 5) is 0. The average molecular weight is 269 g/mol. The number of aliphatic hydroxyl groups excluding tert-OH is 1. The maximum atomic E-state index is 11.4. The van der Waals surface area contributed by atoms with Gasteiger partial charge in [-0.05, 0) is 12.1 Å². The molecule has 0 radical (unpaired) electrons. The molecule has 3 nitrogen and oxygen atoms in total. The van der Waals surface area contributed by atoms with Gasteiger partial charge in [0.25, 0.3) is 0 Å². The molecule has 0 aliphatic carbocycles. The minimum Gasteiger partial charge on any atom is -0.395 e. The summed E-state index contributed by atoms with van der Waals surface area (Å²) in [6, 6.07) is 4.81. The number of hydrogen-bond acceptors (Lipinski definition) is 3. The first kappa shape index (κ1) is 12.8. The van der Waals surface area contributed by atoms with Crippen LogP contribution in [-0.4, -0.2) is 25.9 Å². The van der Waals surface area contributed by atoms with E-state index in [9.17, 15) is 8.42 Å². The van der Waals surface area contributed by atoms with E-state index in [1.807, 2.05) is 0 Å². The van der Waals surface area contributed by atoms with Gasteiger partial charge >= 0.3 is 0 Å². The van der Waals surface area contributed by atoms with Crippen LogP contribution in [0, 0.1) is 0 Å². The highest BCUT2D eigenvalue weighted by atomic mass is 35.5. The Bertz CT molecular complexity index is 422. The third-order valence-corrected chi connectivity index (χ3v) is 4.07. The summed E-state index contributed by atoms with van der Waals surface area (Å²) in [5.41, 5.74) is 0.384. The van der Waals surface area contributed by atoms with Gasteiger partial charge in [0.05, 0.1) is 18.1 Å². The highest BCUT2D eigenvalue weighted by Gasteiger charge is 2.15. The van der Waals surface area contributed by atoms with Crippen molar-refractivity contribution in [2.45, 2.75) is 5.75 Å². The minimum absolute atomic E-state index is 0.244. The van der Waals surface area contributed by atoms with Crippen LogP contribution in [0.3, 0.4) is 0 Å². The maximum absolute atomic E-state index is 11.4. The number of hydrogen-bond donors (Lipinski definition) is 1. The predicted octanol–water partition coefficient (Wildman–Crippen LogP) is 1.90. The second-order valence-corrected chi connectivity index (χ2v) is 6.01. The van der Waals surface area contributed by atoms with Gasteiger partial charge in [0.15, 0.2) is 9.84 Å². The largest absolute Gasteiger partial charge is 0.395 e. The van der Waals surface area contributed by atoms with Crippen LogP contribution in [0.5, 0.6) is 0 Å². The first-order valence-corrected chi connectivity index (χ1v) is 6.78. The van der Waals surface area contributed by atoms with Crippen molar-refractivity contribution in [2.75, 3.05) is 12.4 Å². The summed E-state index contributed by atoms with van der Waals surface area (Å²) in [6.07, 6.45) is 0. The zero-order valence-electron chi connectivity index (χ0n) is 7.78. The Hall–Kier alpha value is -0.290. The molecule has 1 N–H and O–H groups in total. The molecule has 1 aromatic rings. The van der Waals surface area contributed by atoms with Crippen LogP contribution in [0.4, 0.5) is 0 Å². The lowest BCUT2D eigenvalue weighted by molar-refractivity contribution is 0.319. The van der Waals surface area contributed by atoms with E-state index in [1.165, 1.54) is 0 Å². The van der Waals surface area contributed by atoms with E-state index in [0.717, 1.165) is 0 Å². The fourth-order valence-electron chi connectivity index (χ4n) is 1.10. The van der Waals surface area contributed by atoms with Crippen molar-refractivity contribution in [2.24, 2.45) is 0 Å². The van der Waals surface area contributed by atoms with E-state index in [1.54, 1.807) is 18.2 Å². The fraction of sp³-hybridized carbons (Fsp3) is 0.333. The monoisotopic (exact) mass is 268 g/mol. The summed E-state index contributed by atoms with van der Waals surface area (Å²) in [5.74, 6) is -0.527. The van der Waals surface area contributed by atoms with E-state index in [0.29, 0.717) is 15.6 Å². The van der Waals surface area contributed by atoms with Gasteiger partial charge in [-0.15, -0.1) is 0 Å². The normalized spacial score (nSPS) is 11.7. The lowest BCUT2D eigenvalue weighted by Crippen LogP contribution is -2.12. The van der Waals surface area contributed by atoms with Crippen LogP contribution in [0.25, 0.3) is 0 Å². The number of benzene rings is 1. The molecule has 84 valence electrons. The molecule has 0 heterocycles. The predicted molar refractivity (Wildman–Crippen MR) is 61.0 cm³/mol. The van der Waals surface area contributed by atoms with E-state index >= 15 is 0 Å². The molecule has 1 rings (SSSR count). The van der Waals surface area contributed by atoms with E-state index in [2.05, 4.69) is 0 Å². The molecule has 0 amide bonds. The average Bonchev–Trinajstić information content (AvgIpc) is 2.11. The van der Waals surface area contributed by atoms with Crippen molar-refractivity contribution in [3.63, 3.8) is 0 Å². The van der Waals surface area contributed by atoms with Crippen molar-refractivity contribution in [1.82, 2.24) is 0 Å². The molecule has 0 saturated carbocycles. The highest BCUT2D eigenvalue weighted by Crippen LogP contribution is 2.26. The van der Waals surface area contributed by atoms with Crippen LogP contribution in [0.1, 0.15) is 5.56 Å². The quantitative estimate of drug-likeness (QED) is 0.908. The Balaban J connectivity index is 2.99.